The van der Waals surface area contributed by atoms with Crippen LogP contribution in [0, 0.1) is 6.92 Å². The third-order valence-corrected chi connectivity index (χ3v) is 5.69. The van der Waals surface area contributed by atoms with Crippen LogP contribution in [0.2, 0.25) is 0 Å². The van der Waals surface area contributed by atoms with Crippen molar-refractivity contribution in [1.82, 2.24) is 10.3 Å². The first-order valence-corrected chi connectivity index (χ1v) is 9.91. The van der Waals surface area contributed by atoms with E-state index in [2.05, 4.69) is 15.6 Å². The molecule has 0 atom stereocenters. The summed E-state index contributed by atoms with van der Waals surface area (Å²) in [4.78, 5) is 30.0. The van der Waals surface area contributed by atoms with Crippen LogP contribution in [0.25, 0.3) is 10.6 Å². The van der Waals surface area contributed by atoms with Crippen LogP contribution in [0.5, 0.6) is 5.75 Å². The molecule has 2 amide bonds. The van der Waals surface area contributed by atoms with Gasteiger partial charge in [-0.15, -0.1) is 22.7 Å². The first kappa shape index (κ1) is 19.1. The molecule has 3 rings (SSSR count). The highest BCUT2D eigenvalue weighted by molar-refractivity contribution is 7.17. The minimum absolute atomic E-state index is 0.0589. The molecular weight excluding hydrogens is 382 g/mol. The van der Waals surface area contributed by atoms with Gasteiger partial charge in [0.15, 0.2) is 5.13 Å². The van der Waals surface area contributed by atoms with Crippen molar-refractivity contribution < 1.29 is 14.3 Å². The van der Waals surface area contributed by atoms with Gasteiger partial charge >= 0.3 is 0 Å². The van der Waals surface area contributed by atoms with Crippen molar-refractivity contribution in [3.8, 4) is 16.3 Å². The maximum atomic E-state index is 12.5. The lowest BCUT2D eigenvalue weighted by Gasteiger charge is -2.07. The third kappa shape index (κ3) is 4.72. The van der Waals surface area contributed by atoms with Crippen molar-refractivity contribution in [1.29, 1.82) is 0 Å². The summed E-state index contributed by atoms with van der Waals surface area (Å²) in [6, 6.07) is 9.25. The van der Waals surface area contributed by atoms with Crippen LogP contribution in [0.3, 0.4) is 0 Å². The average Bonchev–Trinajstić information content (AvgIpc) is 3.29. The minimum Gasteiger partial charge on any atom is -0.496 e. The van der Waals surface area contributed by atoms with Crippen molar-refractivity contribution in [2.24, 2.45) is 0 Å². The van der Waals surface area contributed by atoms with Gasteiger partial charge < -0.3 is 10.1 Å². The summed E-state index contributed by atoms with van der Waals surface area (Å²) in [5.41, 5.74) is 2.29. The summed E-state index contributed by atoms with van der Waals surface area (Å²) < 4.78 is 5.27. The number of amides is 2. The molecule has 8 heteroatoms. The average molecular weight is 402 g/mol. The summed E-state index contributed by atoms with van der Waals surface area (Å²) in [6.45, 7) is 3.92. The third-order valence-electron chi connectivity index (χ3n) is 3.82. The van der Waals surface area contributed by atoms with Gasteiger partial charge in [-0.05, 0) is 36.8 Å². The molecule has 0 radical (unpaired) electrons. The molecule has 1 aromatic carbocycles. The van der Waals surface area contributed by atoms with Crippen LogP contribution in [-0.4, -0.2) is 23.9 Å². The normalized spacial score (nSPS) is 10.5. The molecular formula is C19H19N3O3S2. The molecule has 0 aliphatic carbocycles. The van der Waals surface area contributed by atoms with Gasteiger partial charge in [0.1, 0.15) is 5.75 Å². The maximum absolute atomic E-state index is 12.5. The molecule has 2 N–H and O–H groups in total. The predicted octanol–water partition coefficient (Wildman–Crippen LogP) is 4.08. The number of aromatic nitrogens is 1. The van der Waals surface area contributed by atoms with E-state index in [-0.39, 0.29) is 11.8 Å². The van der Waals surface area contributed by atoms with E-state index in [4.69, 9.17) is 4.74 Å². The van der Waals surface area contributed by atoms with E-state index in [9.17, 15) is 9.59 Å². The molecule has 6 nitrogen and oxygen atoms in total. The van der Waals surface area contributed by atoms with Crippen molar-refractivity contribution >= 4 is 39.6 Å². The zero-order chi connectivity index (χ0) is 19.4. The quantitative estimate of drug-likeness (QED) is 0.652. The van der Waals surface area contributed by atoms with E-state index < -0.39 is 0 Å². The molecule has 0 spiro atoms. The number of carbonyl (C=O) groups excluding carboxylic acids is 2. The number of anilines is 1. The van der Waals surface area contributed by atoms with E-state index >= 15 is 0 Å². The molecule has 0 unspecified atom stereocenters. The summed E-state index contributed by atoms with van der Waals surface area (Å²) >= 11 is 2.93. The molecule has 140 valence electrons. The number of thiophene rings is 1. The molecule has 0 aliphatic rings. The molecule has 27 heavy (non-hydrogen) atoms. The number of ether oxygens (including phenoxy) is 1. The standard InChI is InChI=1S/C19H19N3O3S2/c1-11-4-5-13(8-16(11)25-3)18(24)22-19-21-15(10-26-19)17-7-6-14(27-17)9-20-12(2)23/h4-8,10H,9H2,1-3H3,(H,20,23)(H,21,22,24). The van der Waals surface area contributed by atoms with Gasteiger partial charge in [0, 0.05) is 22.7 Å². The zero-order valence-corrected chi connectivity index (χ0v) is 16.8. The highest BCUT2D eigenvalue weighted by atomic mass is 32.1. The van der Waals surface area contributed by atoms with Crippen LogP contribution in [-0.2, 0) is 11.3 Å². The molecule has 2 heterocycles. The Morgan fingerprint density at radius 2 is 2.04 bits per heavy atom. The number of aryl methyl sites for hydroxylation is 1. The Kier molecular flexibility index (Phi) is 5.88. The van der Waals surface area contributed by atoms with E-state index in [0.29, 0.717) is 23.0 Å². The van der Waals surface area contributed by atoms with E-state index in [1.54, 1.807) is 30.6 Å². The van der Waals surface area contributed by atoms with Crippen molar-refractivity contribution in [2.45, 2.75) is 20.4 Å². The van der Waals surface area contributed by atoms with E-state index in [1.165, 1.54) is 18.3 Å². The number of hydrogen-bond acceptors (Lipinski definition) is 6. The fourth-order valence-corrected chi connectivity index (χ4v) is 4.09. The van der Waals surface area contributed by atoms with E-state index in [1.807, 2.05) is 30.5 Å². The SMILES string of the molecule is COc1cc(C(=O)Nc2nc(-c3ccc(CNC(C)=O)s3)cs2)ccc1C. The lowest BCUT2D eigenvalue weighted by Crippen LogP contribution is -2.17. The summed E-state index contributed by atoms with van der Waals surface area (Å²) in [7, 11) is 1.58. The van der Waals surface area contributed by atoms with Gasteiger partial charge in [0.25, 0.3) is 5.91 Å². The number of thiazole rings is 1. The number of benzene rings is 1. The van der Waals surface area contributed by atoms with Gasteiger partial charge in [0.2, 0.25) is 5.91 Å². The van der Waals surface area contributed by atoms with Crippen molar-refractivity contribution in [3.63, 3.8) is 0 Å². The minimum atomic E-state index is -0.230. The fraction of sp³-hybridized carbons (Fsp3) is 0.211. The van der Waals surface area contributed by atoms with Gasteiger partial charge in [-0.25, -0.2) is 4.98 Å². The zero-order valence-electron chi connectivity index (χ0n) is 15.2. The molecule has 0 aliphatic heterocycles. The Morgan fingerprint density at radius 1 is 1.22 bits per heavy atom. The Bertz CT molecular complexity index is 978. The summed E-state index contributed by atoms with van der Waals surface area (Å²) in [5.74, 6) is 0.385. The van der Waals surface area contributed by atoms with Crippen LogP contribution < -0.4 is 15.4 Å². The molecule has 3 aromatic rings. The second-order valence-electron chi connectivity index (χ2n) is 5.85. The van der Waals surface area contributed by atoms with Gasteiger partial charge in [-0.1, -0.05) is 6.07 Å². The number of nitrogens with zero attached hydrogens (tertiary/aromatic N) is 1. The first-order chi connectivity index (χ1) is 13.0. The summed E-state index contributed by atoms with van der Waals surface area (Å²) in [6.07, 6.45) is 0. The van der Waals surface area contributed by atoms with Crippen LogP contribution >= 0.6 is 22.7 Å². The Balaban J connectivity index is 1.69. The fourth-order valence-electron chi connectivity index (χ4n) is 2.40. The number of nitrogens with one attached hydrogen (secondary N) is 2. The van der Waals surface area contributed by atoms with Gasteiger partial charge in [0.05, 0.1) is 24.2 Å². The topological polar surface area (TPSA) is 80.3 Å². The molecule has 2 aromatic heterocycles. The second-order valence-corrected chi connectivity index (χ2v) is 7.88. The maximum Gasteiger partial charge on any atom is 0.257 e. The molecule has 0 fully saturated rings. The Morgan fingerprint density at radius 3 is 2.78 bits per heavy atom. The predicted molar refractivity (Wildman–Crippen MR) is 109 cm³/mol. The monoisotopic (exact) mass is 401 g/mol. The number of carbonyl (C=O) groups is 2. The highest BCUT2D eigenvalue weighted by Crippen LogP contribution is 2.31. The van der Waals surface area contributed by atoms with Crippen molar-refractivity contribution in [2.75, 3.05) is 12.4 Å². The van der Waals surface area contributed by atoms with Crippen molar-refractivity contribution in [3.05, 3.63) is 51.7 Å². The lowest BCUT2D eigenvalue weighted by molar-refractivity contribution is -0.119. The van der Waals surface area contributed by atoms with Crippen LogP contribution in [0.4, 0.5) is 5.13 Å². The molecule has 0 saturated carbocycles. The second kappa shape index (κ2) is 8.32. The van der Waals surface area contributed by atoms with Gasteiger partial charge in [-0.2, -0.15) is 0 Å². The Hall–Kier alpha value is -2.71. The van der Waals surface area contributed by atoms with Crippen LogP contribution in [0.1, 0.15) is 27.7 Å². The van der Waals surface area contributed by atoms with E-state index in [0.717, 1.165) is 21.0 Å². The molecule has 0 saturated heterocycles. The van der Waals surface area contributed by atoms with Gasteiger partial charge in [-0.3, -0.25) is 14.9 Å². The largest absolute Gasteiger partial charge is 0.496 e. The Labute approximate surface area is 165 Å². The lowest BCUT2D eigenvalue weighted by atomic mass is 10.1. The van der Waals surface area contributed by atoms with Crippen LogP contribution in [0.15, 0.2) is 35.7 Å². The smallest absolute Gasteiger partial charge is 0.257 e. The summed E-state index contributed by atoms with van der Waals surface area (Å²) in [5, 5.41) is 8.04. The number of methoxy groups -OCH3 is 1. The molecule has 0 bridgehead atoms. The number of hydrogen-bond donors (Lipinski definition) is 2. The first-order valence-electron chi connectivity index (χ1n) is 8.21. The number of rotatable bonds is 6. The highest BCUT2D eigenvalue weighted by Gasteiger charge is 2.13.